The summed E-state index contributed by atoms with van der Waals surface area (Å²) in [4.78, 5) is 17.1. The lowest BCUT2D eigenvalue weighted by molar-refractivity contribution is 0.575. The summed E-state index contributed by atoms with van der Waals surface area (Å²) < 4.78 is 13.3. The highest BCUT2D eigenvalue weighted by atomic mass is 19.1. The van der Waals surface area contributed by atoms with Gasteiger partial charge in [0.1, 0.15) is 6.34 Å². The summed E-state index contributed by atoms with van der Waals surface area (Å²) in [5.41, 5.74) is 0.376. The number of halogens is 1. The minimum Gasteiger partial charge on any atom is -0.243 e. The van der Waals surface area contributed by atoms with E-state index in [4.69, 9.17) is 0 Å². The van der Waals surface area contributed by atoms with Crippen LogP contribution in [0.3, 0.4) is 0 Å². The molecule has 68 valence electrons. The zero-order valence-corrected chi connectivity index (χ0v) is 6.92. The van der Waals surface area contributed by atoms with Crippen molar-refractivity contribution in [2.75, 3.05) is 0 Å². The van der Waals surface area contributed by atoms with Crippen molar-refractivity contribution in [1.82, 2.24) is 4.90 Å². The fraction of sp³-hybridized carbons (Fsp3) is 0. The molecule has 3 rings (SSSR count). The summed E-state index contributed by atoms with van der Waals surface area (Å²) in [6.45, 7) is 0. The van der Waals surface area contributed by atoms with Crippen LogP contribution in [0.4, 0.5) is 4.39 Å². The summed E-state index contributed by atoms with van der Waals surface area (Å²) in [6, 6.07) is 0. The number of aliphatic imine (C=N–C) groups is 4. The van der Waals surface area contributed by atoms with Gasteiger partial charge in [0.2, 0.25) is 11.9 Å². The Morgan fingerprint density at radius 3 is 2.93 bits per heavy atom. The molecule has 3 heterocycles. The molecule has 5 nitrogen and oxygen atoms in total. The van der Waals surface area contributed by atoms with Gasteiger partial charge in [-0.05, 0) is 6.08 Å². The smallest absolute Gasteiger partial charge is 0.238 e. The number of nitrogens with zero attached hydrogens (tertiary/aromatic N) is 5. The Labute approximate surface area is 78.4 Å². The van der Waals surface area contributed by atoms with Gasteiger partial charge in [0.25, 0.3) is 0 Å². The number of hydrogen-bond donors (Lipinski definition) is 0. The van der Waals surface area contributed by atoms with Crippen LogP contribution in [0.1, 0.15) is 0 Å². The van der Waals surface area contributed by atoms with Gasteiger partial charge in [-0.3, -0.25) is 0 Å². The predicted octanol–water partition coefficient (Wildman–Crippen LogP) is 0.835. The molecule has 0 aliphatic carbocycles. The first-order valence-electron chi connectivity index (χ1n) is 3.95. The molecule has 0 amide bonds. The van der Waals surface area contributed by atoms with Crippen molar-refractivity contribution in [3.05, 3.63) is 23.8 Å². The molecule has 0 saturated heterocycles. The molecule has 0 bridgehead atoms. The first-order chi connectivity index (χ1) is 6.86. The van der Waals surface area contributed by atoms with Crippen LogP contribution in [0.25, 0.3) is 0 Å². The van der Waals surface area contributed by atoms with Gasteiger partial charge in [-0.15, -0.1) is 0 Å². The van der Waals surface area contributed by atoms with Gasteiger partial charge in [0, 0.05) is 6.21 Å². The lowest BCUT2D eigenvalue weighted by Gasteiger charge is -2.28. The van der Waals surface area contributed by atoms with E-state index in [-0.39, 0.29) is 0 Å². The van der Waals surface area contributed by atoms with Crippen molar-refractivity contribution in [2.24, 2.45) is 20.0 Å². The second kappa shape index (κ2) is 2.44. The van der Waals surface area contributed by atoms with E-state index in [1.807, 2.05) is 0 Å². The summed E-state index contributed by atoms with van der Waals surface area (Å²) in [7, 11) is 0. The van der Waals surface area contributed by atoms with Crippen molar-refractivity contribution in [3.63, 3.8) is 0 Å². The Balaban J connectivity index is 2.24. The molecule has 0 saturated carbocycles. The first kappa shape index (κ1) is 7.31. The van der Waals surface area contributed by atoms with Gasteiger partial charge in [-0.1, -0.05) is 0 Å². The molecule has 0 aromatic carbocycles. The topological polar surface area (TPSA) is 52.7 Å². The number of allylic oxidation sites excluding steroid dienone is 2. The third kappa shape index (κ3) is 0.819. The second-order valence-corrected chi connectivity index (χ2v) is 2.75. The van der Waals surface area contributed by atoms with E-state index in [1.165, 1.54) is 17.5 Å². The average Bonchev–Trinajstić information content (AvgIpc) is 2.24. The molecule has 14 heavy (non-hydrogen) atoms. The predicted molar refractivity (Wildman–Crippen MR) is 51.0 cm³/mol. The minimum atomic E-state index is -0.412. The van der Waals surface area contributed by atoms with Crippen molar-refractivity contribution in [3.8, 4) is 0 Å². The third-order valence-corrected chi connectivity index (χ3v) is 1.95. The largest absolute Gasteiger partial charge is 0.243 e. The maximum absolute atomic E-state index is 13.3. The molecule has 3 aliphatic rings. The molecule has 0 aromatic heterocycles. The highest BCUT2D eigenvalue weighted by Gasteiger charge is 2.30. The van der Waals surface area contributed by atoms with Gasteiger partial charge < -0.3 is 0 Å². The fourth-order valence-corrected chi connectivity index (χ4v) is 1.35. The van der Waals surface area contributed by atoms with Crippen LogP contribution in [0, 0.1) is 0 Å². The lowest BCUT2D eigenvalue weighted by atomic mass is 10.2. The second-order valence-electron chi connectivity index (χ2n) is 2.75. The van der Waals surface area contributed by atoms with Crippen molar-refractivity contribution < 1.29 is 4.39 Å². The van der Waals surface area contributed by atoms with Crippen LogP contribution in [-0.4, -0.2) is 29.4 Å². The van der Waals surface area contributed by atoms with Crippen LogP contribution in [0.5, 0.6) is 0 Å². The molecule has 0 fully saturated rings. The Kier molecular flexibility index (Phi) is 1.27. The van der Waals surface area contributed by atoms with Gasteiger partial charge in [-0.2, -0.15) is 0 Å². The van der Waals surface area contributed by atoms with Crippen LogP contribution >= 0.6 is 0 Å². The fourth-order valence-electron chi connectivity index (χ4n) is 1.35. The lowest BCUT2D eigenvalue weighted by Crippen LogP contribution is -2.39. The van der Waals surface area contributed by atoms with Crippen molar-refractivity contribution >= 4 is 24.5 Å². The number of rotatable bonds is 0. The number of guanidine groups is 2. The van der Waals surface area contributed by atoms with E-state index in [0.717, 1.165) is 6.20 Å². The standard InChI is InChI=1S/C8H4FN5/c9-5-3-11-8-13-4-12-7-10-2-1-6(5)14(7)8/h1-4H. The van der Waals surface area contributed by atoms with E-state index in [1.54, 1.807) is 6.08 Å². The highest BCUT2D eigenvalue weighted by molar-refractivity contribution is 6.13. The Morgan fingerprint density at radius 2 is 2.00 bits per heavy atom. The van der Waals surface area contributed by atoms with Crippen molar-refractivity contribution in [2.45, 2.75) is 0 Å². The summed E-state index contributed by atoms with van der Waals surface area (Å²) in [6.07, 6.45) is 5.54. The molecular formula is C8H4FN5. The quantitative estimate of drug-likeness (QED) is 0.557. The Hall–Kier alpha value is -2.11. The third-order valence-electron chi connectivity index (χ3n) is 1.95. The molecule has 0 atom stereocenters. The molecular weight excluding hydrogens is 185 g/mol. The Morgan fingerprint density at radius 1 is 1.14 bits per heavy atom. The molecule has 0 N–H and O–H groups in total. The first-order valence-corrected chi connectivity index (χ1v) is 3.95. The zero-order valence-electron chi connectivity index (χ0n) is 6.92. The molecule has 0 spiro atoms. The van der Waals surface area contributed by atoms with E-state index < -0.39 is 5.83 Å². The Bertz CT molecular complexity index is 480. The summed E-state index contributed by atoms with van der Waals surface area (Å²) in [5, 5.41) is 0. The van der Waals surface area contributed by atoms with Gasteiger partial charge in [-0.25, -0.2) is 29.3 Å². The van der Waals surface area contributed by atoms with E-state index in [9.17, 15) is 4.39 Å². The maximum Gasteiger partial charge on any atom is 0.238 e. The summed E-state index contributed by atoms with van der Waals surface area (Å²) in [5.74, 6) is 0.365. The monoisotopic (exact) mass is 189 g/mol. The SMILES string of the molecule is FC1=CN=C2N=CN=C3N=CC=C1N32. The molecule has 0 unspecified atom stereocenters. The summed E-state index contributed by atoms with van der Waals surface area (Å²) >= 11 is 0. The van der Waals surface area contributed by atoms with Gasteiger partial charge in [0.15, 0.2) is 5.83 Å². The molecule has 6 heteroatoms. The van der Waals surface area contributed by atoms with Crippen molar-refractivity contribution in [1.29, 1.82) is 0 Å². The van der Waals surface area contributed by atoms with Gasteiger partial charge in [0.05, 0.1) is 11.9 Å². The molecule has 0 radical (unpaired) electrons. The van der Waals surface area contributed by atoms with Crippen LogP contribution in [0.15, 0.2) is 43.8 Å². The minimum absolute atomic E-state index is 0.376. The average molecular weight is 189 g/mol. The number of hydrogen-bond acceptors (Lipinski definition) is 5. The van der Waals surface area contributed by atoms with Crippen LogP contribution in [-0.2, 0) is 0 Å². The van der Waals surface area contributed by atoms with E-state index in [2.05, 4.69) is 20.0 Å². The van der Waals surface area contributed by atoms with E-state index in [0.29, 0.717) is 17.6 Å². The maximum atomic E-state index is 13.3. The van der Waals surface area contributed by atoms with E-state index >= 15 is 0 Å². The van der Waals surface area contributed by atoms with Gasteiger partial charge >= 0.3 is 0 Å². The highest BCUT2D eigenvalue weighted by Crippen LogP contribution is 2.25. The van der Waals surface area contributed by atoms with Crippen LogP contribution < -0.4 is 0 Å². The molecule has 0 aromatic rings. The van der Waals surface area contributed by atoms with Crippen LogP contribution in [0.2, 0.25) is 0 Å². The normalized spacial score (nSPS) is 22.2. The zero-order chi connectivity index (χ0) is 9.54. The molecule has 3 aliphatic heterocycles.